The van der Waals surface area contributed by atoms with Gasteiger partial charge in [0.05, 0.1) is 18.4 Å². The van der Waals surface area contributed by atoms with Crippen LogP contribution in [0.4, 0.5) is 0 Å². The summed E-state index contributed by atoms with van der Waals surface area (Å²) in [5.74, 6) is -0.537. The van der Waals surface area contributed by atoms with Gasteiger partial charge < -0.3 is 14.9 Å². The molecule has 0 aliphatic carbocycles. The molecule has 0 bridgehead atoms. The second-order valence-electron chi connectivity index (χ2n) is 2.71. The Hall–Kier alpha value is -1.29. The van der Waals surface area contributed by atoms with Crippen LogP contribution in [0.2, 0.25) is 0 Å². The van der Waals surface area contributed by atoms with Crippen LogP contribution in [0.25, 0.3) is 0 Å². The molecule has 14 heavy (non-hydrogen) atoms. The van der Waals surface area contributed by atoms with Gasteiger partial charge in [0.2, 0.25) is 0 Å². The first kappa shape index (κ1) is 12.7. The van der Waals surface area contributed by atoms with E-state index >= 15 is 0 Å². The Kier molecular flexibility index (Phi) is 7.55. The van der Waals surface area contributed by atoms with E-state index in [2.05, 4.69) is 6.58 Å². The Morgan fingerprint density at radius 3 is 2.64 bits per heavy atom. The molecule has 0 fully saturated rings. The fourth-order valence-corrected chi connectivity index (χ4v) is 0.816. The van der Waals surface area contributed by atoms with Crippen LogP contribution in [0.15, 0.2) is 24.5 Å². The maximum atomic E-state index is 11.2. The van der Waals surface area contributed by atoms with E-state index < -0.39 is 5.97 Å². The third kappa shape index (κ3) is 5.37. The summed E-state index contributed by atoms with van der Waals surface area (Å²) in [5.41, 5.74) is 0.184. The average molecular weight is 200 g/mol. The van der Waals surface area contributed by atoms with Crippen molar-refractivity contribution < 1.29 is 19.7 Å². The molecule has 2 N–H and O–H groups in total. The van der Waals surface area contributed by atoms with Crippen LogP contribution in [-0.2, 0) is 9.53 Å². The minimum Gasteiger partial charge on any atom is -0.515 e. The number of aliphatic hydroxyl groups is 2. The molecule has 0 aromatic carbocycles. The Morgan fingerprint density at radius 1 is 1.43 bits per heavy atom. The van der Waals surface area contributed by atoms with E-state index in [1.54, 1.807) is 0 Å². The van der Waals surface area contributed by atoms with E-state index in [1.165, 1.54) is 6.08 Å². The molecule has 80 valence electrons. The van der Waals surface area contributed by atoms with Crippen molar-refractivity contribution in [1.29, 1.82) is 0 Å². The second kappa shape index (κ2) is 8.31. The average Bonchev–Trinajstić information content (AvgIpc) is 2.20. The SMILES string of the molecule is C=CCC(=CO)C(=O)OCCCCO. The molecule has 0 unspecified atom stereocenters. The maximum absolute atomic E-state index is 11.2. The molecule has 0 saturated heterocycles. The predicted octanol–water partition coefficient (Wildman–Crippen LogP) is 1.32. The number of carbonyl (C=O) groups excluding carboxylic acids is 1. The lowest BCUT2D eigenvalue weighted by atomic mass is 10.2. The number of hydrogen-bond donors (Lipinski definition) is 2. The lowest BCUT2D eigenvalue weighted by Crippen LogP contribution is -2.09. The number of hydrogen-bond acceptors (Lipinski definition) is 4. The van der Waals surface area contributed by atoms with Crippen LogP contribution < -0.4 is 0 Å². The molecule has 0 aromatic heterocycles. The van der Waals surface area contributed by atoms with Crippen LogP contribution >= 0.6 is 0 Å². The third-order valence-electron chi connectivity index (χ3n) is 1.57. The van der Waals surface area contributed by atoms with Crippen molar-refractivity contribution in [3.05, 3.63) is 24.5 Å². The first-order valence-corrected chi connectivity index (χ1v) is 4.48. The smallest absolute Gasteiger partial charge is 0.337 e. The molecule has 0 aliphatic rings. The molecule has 0 atom stereocenters. The molecule has 0 heterocycles. The topological polar surface area (TPSA) is 66.8 Å². The van der Waals surface area contributed by atoms with Crippen molar-refractivity contribution >= 4 is 5.97 Å². The fraction of sp³-hybridized carbons (Fsp3) is 0.500. The van der Waals surface area contributed by atoms with Gasteiger partial charge in [-0.25, -0.2) is 4.79 Å². The largest absolute Gasteiger partial charge is 0.515 e. The van der Waals surface area contributed by atoms with Gasteiger partial charge in [-0.1, -0.05) is 6.08 Å². The molecular weight excluding hydrogens is 184 g/mol. The first-order valence-electron chi connectivity index (χ1n) is 4.48. The quantitative estimate of drug-likeness (QED) is 0.214. The van der Waals surface area contributed by atoms with Crippen LogP contribution in [0.1, 0.15) is 19.3 Å². The summed E-state index contributed by atoms with van der Waals surface area (Å²) in [6.45, 7) is 3.80. The molecule has 0 rings (SSSR count). The molecule has 0 aromatic rings. The predicted molar refractivity (Wildman–Crippen MR) is 52.8 cm³/mol. The number of ether oxygens (including phenoxy) is 1. The highest BCUT2D eigenvalue weighted by molar-refractivity contribution is 5.88. The van der Waals surface area contributed by atoms with Gasteiger partial charge in [-0.2, -0.15) is 0 Å². The van der Waals surface area contributed by atoms with Gasteiger partial charge in [0, 0.05) is 13.0 Å². The van der Waals surface area contributed by atoms with Gasteiger partial charge >= 0.3 is 5.97 Å². The summed E-state index contributed by atoms with van der Waals surface area (Å²) in [7, 11) is 0. The van der Waals surface area contributed by atoms with Crippen molar-refractivity contribution in [2.75, 3.05) is 13.2 Å². The zero-order chi connectivity index (χ0) is 10.8. The Labute approximate surface area is 83.5 Å². The van der Waals surface area contributed by atoms with Crippen molar-refractivity contribution in [1.82, 2.24) is 0 Å². The minimum absolute atomic E-state index is 0.0902. The molecular formula is C10H16O4. The fourth-order valence-electron chi connectivity index (χ4n) is 0.816. The molecule has 0 spiro atoms. The van der Waals surface area contributed by atoms with E-state index in [0.717, 1.165) is 6.26 Å². The number of rotatable bonds is 7. The van der Waals surface area contributed by atoms with Gasteiger partial charge in [0.25, 0.3) is 0 Å². The summed E-state index contributed by atoms with van der Waals surface area (Å²) < 4.78 is 4.82. The van der Waals surface area contributed by atoms with Gasteiger partial charge in [0.15, 0.2) is 0 Å². The van der Waals surface area contributed by atoms with E-state index in [1.807, 2.05) is 0 Å². The number of unbranched alkanes of at least 4 members (excludes halogenated alkanes) is 1. The summed E-state index contributed by atoms with van der Waals surface area (Å²) in [6, 6.07) is 0. The highest BCUT2D eigenvalue weighted by Crippen LogP contribution is 2.04. The highest BCUT2D eigenvalue weighted by atomic mass is 16.5. The molecule has 0 aliphatic heterocycles. The molecule has 0 amide bonds. The summed E-state index contributed by atoms with van der Waals surface area (Å²) in [5, 5.41) is 17.1. The van der Waals surface area contributed by atoms with Crippen molar-refractivity contribution in [3.8, 4) is 0 Å². The zero-order valence-electron chi connectivity index (χ0n) is 8.11. The van der Waals surface area contributed by atoms with E-state index in [0.29, 0.717) is 12.8 Å². The zero-order valence-corrected chi connectivity index (χ0v) is 8.11. The summed E-state index contributed by atoms with van der Waals surface area (Å²) in [4.78, 5) is 11.2. The standard InChI is InChI=1S/C10H16O4/c1-2-5-9(8-12)10(13)14-7-4-3-6-11/h2,8,11-12H,1,3-7H2. The highest BCUT2D eigenvalue weighted by Gasteiger charge is 2.08. The lowest BCUT2D eigenvalue weighted by molar-refractivity contribution is -0.139. The van der Waals surface area contributed by atoms with Crippen LogP contribution in [0.5, 0.6) is 0 Å². The van der Waals surface area contributed by atoms with E-state index in [-0.39, 0.29) is 25.2 Å². The number of carbonyl (C=O) groups is 1. The Balaban J connectivity index is 3.76. The molecule has 0 radical (unpaired) electrons. The van der Waals surface area contributed by atoms with Crippen molar-refractivity contribution in [3.63, 3.8) is 0 Å². The monoisotopic (exact) mass is 200 g/mol. The number of aliphatic hydroxyl groups excluding tert-OH is 2. The summed E-state index contributed by atoms with van der Waals surface area (Å²) in [6.07, 6.45) is 3.75. The van der Waals surface area contributed by atoms with Crippen molar-refractivity contribution in [2.24, 2.45) is 0 Å². The second-order valence-corrected chi connectivity index (χ2v) is 2.71. The molecule has 4 heteroatoms. The Morgan fingerprint density at radius 2 is 2.14 bits per heavy atom. The van der Waals surface area contributed by atoms with Gasteiger partial charge in [-0.15, -0.1) is 6.58 Å². The minimum atomic E-state index is -0.537. The Bertz CT molecular complexity index is 208. The van der Waals surface area contributed by atoms with Crippen molar-refractivity contribution in [2.45, 2.75) is 19.3 Å². The van der Waals surface area contributed by atoms with E-state index in [4.69, 9.17) is 14.9 Å². The number of allylic oxidation sites excluding steroid dienone is 1. The molecule has 0 saturated carbocycles. The maximum Gasteiger partial charge on any atom is 0.337 e. The third-order valence-corrected chi connectivity index (χ3v) is 1.57. The number of esters is 1. The normalized spacial score (nSPS) is 11.1. The summed E-state index contributed by atoms with van der Waals surface area (Å²) >= 11 is 0. The first-order chi connectivity index (χ1) is 6.76. The van der Waals surface area contributed by atoms with Crippen LogP contribution in [0, 0.1) is 0 Å². The van der Waals surface area contributed by atoms with Gasteiger partial charge in [-0.3, -0.25) is 0 Å². The lowest BCUT2D eigenvalue weighted by Gasteiger charge is -2.04. The van der Waals surface area contributed by atoms with Gasteiger partial charge in [-0.05, 0) is 12.8 Å². The van der Waals surface area contributed by atoms with Crippen LogP contribution in [0.3, 0.4) is 0 Å². The van der Waals surface area contributed by atoms with Gasteiger partial charge in [0.1, 0.15) is 0 Å². The van der Waals surface area contributed by atoms with Crippen LogP contribution in [-0.4, -0.2) is 29.4 Å². The molecule has 4 nitrogen and oxygen atoms in total. The van der Waals surface area contributed by atoms with E-state index in [9.17, 15) is 4.79 Å².